The minimum atomic E-state index is -0.0476. The summed E-state index contributed by atoms with van der Waals surface area (Å²) in [5.74, 6) is 1.67. The van der Waals surface area contributed by atoms with Crippen LogP contribution in [-0.2, 0) is 9.53 Å². The summed E-state index contributed by atoms with van der Waals surface area (Å²) < 4.78 is 5.54. The Hall–Kier alpha value is -2.93. The second-order valence-electron chi connectivity index (χ2n) is 8.00. The van der Waals surface area contributed by atoms with Gasteiger partial charge in [0.25, 0.3) is 0 Å². The molecule has 4 rings (SSSR count). The van der Waals surface area contributed by atoms with Gasteiger partial charge in [-0.2, -0.15) is 5.26 Å². The SMILES string of the molecule is C[C@@H]1[C@@H](C)[C@@H]2CC(=O)OC2C[C@H]1/C=C/c1ccc(-c2ccccc2C#N)cn1. The molecule has 4 nitrogen and oxygen atoms in total. The number of esters is 1. The van der Waals surface area contributed by atoms with Crippen LogP contribution in [0.15, 0.2) is 48.7 Å². The molecule has 0 spiro atoms. The lowest BCUT2D eigenvalue weighted by Gasteiger charge is -2.39. The van der Waals surface area contributed by atoms with Gasteiger partial charge in [-0.25, -0.2) is 0 Å². The average molecular weight is 372 g/mol. The molecule has 0 bridgehead atoms. The smallest absolute Gasteiger partial charge is 0.306 e. The first kappa shape index (κ1) is 18.4. The molecule has 142 valence electrons. The monoisotopic (exact) mass is 372 g/mol. The third-order valence-electron chi connectivity index (χ3n) is 6.51. The molecule has 1 aliphatic carbocycles. The molecule has 1 unspecified atom stereocenters. The number of allylic oxidation sites excluding steroid dienone is 1. The van der Waals surface area contributed by atoms with Gasteiger partial charge in [-0.05, 0) is 42.4 Å². The number of ether oxygens (including phenoxy) is 1. The van der Waals surface area contributed by atoms with Crippen LogP contribution in [0.4, 0.5) is 0 Å². The van der Waals surface area contributed by atoms with E-state index in [4.69, 9.17) is 4.74 Å². The van der Waals surface area contributed by atoms with Gasteiger partial charge < -0.3 is 4.74 Å². The van der Waals surface area contributed by atoms with Gasteiger partial charge in [0, 0.05) is 23.2 Å². The van der Waals surface area contributed by atoms with Gasteiger partial charge >= 0.3 is 5.97 Å². The summed E-state index contributed by atoms with van der Waals surface area (Å²) >= 11 is 0. The number of nitrogens with zero attached hydrogens (tertiary/aromatic N) is 2. The zero-order chi connectivity index (χ0) is 19.7. The predicted molar refractivity (Wildman–Crippen MR) is 108 cm³/mol. The summed E-state index contributed by atoms with van der Waals surface area (Å²) in [5, 5.41) is 9.28. The molecular weight excluding hydrogens is 348 g/mol. The Labute approximate surface area is 165 Å². The second kappa shape index (κ2) is 7.59. The van der Waals surface area contributed by atoms with E-state index in [0.717, 1.165) is 23.2 Å². The van der Waals surface area contributed by atoms with E-state index in [1.165, 1.54) is 0 Å². The average Bonchev–Trinajstić information content (AvgIpc) is 3.10. The molecule has 2 heterocycles. The summed E-state index contributed by atoms with van der Waals surface area (Å²) in [7, 11) is 0. The van der Waals surface area contributed by atoms with Crippen LogP contribution in [-0.4, -0.2) is 17.1 Å². The van der Waals surface area contributed by atoms with Crippen molar-refractivity contribution in [1.29, 1.82) is 5.26 Å². The van der Waals surface area contributed by atoms with Crippen LogP contribution in [0.2, 0.25) is 0 Å². The van der Waals surface area contributed by atoms with Crippen molar-refractivity contribution < 1.29 is 9.53 Å². The molecule has 1 aliphatic heterocycles. The highest BCUT2D eigenvalue weighted by molar-refractivity contribution is 5.72. The molecule has 1 saturated carbocycles. The Morgan fingerprint density at radius 2 is 2.00 bits per heavy atom. The van der Waals surface area contributed by atoms with Crippen molar-refractivity contribution in [3.8, 4) is 17.2 Å². The first-order valence-corrected chi connectivity index (χ1v) is 9.90. The number of carbonyl (C=O) groups is 1. The van der Waals surface area contributed by atoms with E-state index in [2.05, 4.69) is 37.1 Å². The quantitative estimate of drug-likeness (QED) is 0.722. The van der Waals surface area contributed by atoms with Crippen LogP contribution in [0, 0.1) is 35.0 Å². The zero-order valence-electron chi connectivity index (χ0n) is 16.2. The minimum absolute atomic E-state index is 0.0476. The number of fused-ring (bicyclic) bond motifs is 1. The molecule has 0 N–H and O–H groups in total. The van der Waals surface area contributed by atoms with Crippen LogP contribution < -0.4 is 0 Å². The Bertz CT molecular complexity index is 942. The van der Waals surface area contributed by atoms with Gasteiger partial charge in [-0.3, -0.25) is 9.78 Å². The molecule has 2 aliphatic rings. The van der Waals surface area contributed by atoms with E-state index < -0.39 is 0 Å². The summed E-state index contributed by atoms with van der Waals surface area (Å²) in [6.07, 6.45) is 7.62. The zero-order valence-corrected chi connectivity index (χ0v) is 16.2. The highest BCUT2D eigenvalue weighted by Gasteiger charge is 2.46. The van der Waals surface area contributed by atoms with Crippen LogP contribution in [0.25, 0.3) is 17.2 Å². The molecule has 2 aromatic rings. The molecule has 28 heavy (non-hydrogen) atoms. The molecule has 0 amide bonds. The Morgan fingerprint density at radius 3 is 2.75 bits per heavy atom. The molecule has 1 aromatic carbocycles. The number of hydrogen-bond acceptors (Lipinski definition) is 4. The normalized spacial score (nSPS) is 29.3. The van der Waals surface area contributed by atoms with E-state index in [-0.39, 0.29) is 12.1 Å². The lowest BCUT2D eigenvalue weighted by atomic mass is 9.66. The maximum Gasteiger partial charge on any atom is 0.306 e. The number of aromatic nitrogens is 1. The molecule has 2 fully saturated rings. The summed E-state index contributed by atoms with van der Waals surface area (Å²) in [5.41, 5.74) is 3.38. The molecular formula is C24H24N2O2. The third-order valence-corrected chi connectivity index (χ3v) is 6.51. The number of carbonyl (C=O) groups excluding carboxylic acids is 1. The van der Waals surface area contributed by atoms with Gasteiger partial charge in [-0.15, -0.1) is 0 Å². The van der Waals surface area contributed by atoms with Crippen molar-refractivity contribution in [3.63, 3.8) is 0 Å². The van der Waals surface area contributed by atoms with E-state index in [1.807, 2.05) is 42.6 Å². The lowest BCUT2D eigenvalue weighted by Crippen LogP contribution is -2.37. The molecule has 1 saturated heterocycles. The molecule has 1 aromatic heterocycles. The van der Waals surface area contributed by atoms with E-state index in [0.29, 0.717) is 35.7 Å². The number of pyridine rings is 1. The van der Waals surface area contributed by atoms with Crippen molar-refractivity contribution in [3.05, 3.63) is 59.9 Å². The van der Waals surface area contributed by atoms with Crippen molar-refractivity contribution in [1.82, 2.24) is 4.98 Å². The van der Waals surface area contributed by atoms with E-state index in [9.17, 15) is 10.1 Å². The maximum absolute atomic E-state index is 11.7. The molecule has 5 atom stereocenters. The van der Waals surface area contributed by atoms with Gasteiger partial charge in [0.1, 0.15) is 6.10 Å². The van der Waals surface area contributed by atoms with Crippen molar-refractivity contribution in [2.24, 2.45) is 23.7 Å². The van der Waals surface area contributed by atoms with Crippen LogP contribution in [0.3, 0.4) is 0 Å². The highest BCUT2D eigenvalue weighted by Crippen LogP contribution is 2.45. The fourth-order valence-electron chi connectivity index (χ4n) is 4.61. The second-order valence-corrected chi connectivity index (χ2v) is 8.00. The standard InChI is InChI=1S/C24H24N2O2/c1-15-16(2)22-12-24(27)28-23(22)11-17(15)7-9-20-10-8-19(14-26-20)21-6-4-3-5-18(21)13-25/h3-10,14-17,22-23H,11-12H2,1-2H3/b9-7+/t15-,16-,17-,22+,23?/m1/s1. The molecule has 0 radical (unpaired) electrons. The number of hydrogen-bond donors (Lipinski definition) is 0. The molecule has 4 heteroatoms. The summed E-state index contributed by atoms with van der Waals surface area (Å²) in [6, 6.07) is 13.8. The van der Waals surface area contributed by atoms with Crippen LogP contribution in [0.5, 0.6) is 0 Å². The van der Waals surface area contributed by atoms with Gasteiger partial charge in [-0.1, -0.05) is 44.2 Å². The summed E-state index contributed by atoms with van der Waals surface area (Å²) in [4.78, 5) is 16.2. The van der Waals surface area contributed by atoms with Crippen LogP contribution in [0.1, 0.15) is 37.9 Å². The predicted octanol–water partition coefficient (Wildman–Crippen LogP) is 4.86. The largest absolute Gasteiger partial charge is 0.462 e. The number of benzene rings is 1. The fraction of sp³-hybridized carbons (Fsp3) is 0.375. The maximum atomic E-state index is 11.7. The fourth-order valence-corrected chi connectivity index (χ4v) is 4.61. The first-order valence-electron chi connectivity index (χ1n) is 9.90. The lowest BCUT2D eigenvalue weighted by molar-refractivity contribution is -0.142. The Kier molecular flexibility index (Phi) is 5.00. The van der Waals surface area contributed by atoms with Crippen molar-refractivity contribution >= 4 is 12.0 Å². The minimum Gasteiger partial charge on any atom is -0.462 e. The topological polar surface area (TPSA) is 63.0 Å². The van der Waals surface area contributed by atoms with Crippen molar-refractivity contribution in [2.75, 3.05) is 0 Å². The van der Waals surface area contributed by atoms with Gasteiger partial charge in [0.2, 0.25) is 0 Å². The Balaban J connectivity index is 1.49. The summed E-state index contributed by atoms with van der Waals surface area (Å²) in [6.45, 7) is 4.51. The Morgan fingerprint density at radius 1 is 1.18 bits per heavy atom. The van der Waals surface area contributed by atoms with E-state index >= 15 is 0 Å². The van der Waals surface area contributed by atoms with Gasteiger partial charge in [0.05, 0.1) is 23.7 Å². The first-order chi connectivity index (χ1) is 13.6. The van der Waals surface area contributed by atoms with Crippen LogP contribution >= 0.6 is 0 Å². The highest BCUT2D eigenvalue weighted by atomic mass is 16.5. The van der Waals surface area contributed by atoms with Gasteiger partial charge in [0.15, 0.2) is 0 Å². The van der Waals surface area contributed by atoms with Crippen molar-refractivity contribution in [2.45, 2.75) is 32.8 Å². The van der Waals surface area contributed by atoms with E-state index in [1.54, 1.807) is 0 Å². The third kappa shape index (κ3) is 3.45. The number of rotatable bonds is 3. The number of nitriles is 1.